The first kappa shape index (κ1) is 24.0. The Hall–Kier alpha value is -2.19. The van der Waals surface area contributed by atoms with Crippen molar-refractivity contribution < 1.29 is 29.0 Å². The number of carbonyl (C=O) groups is 3. The minimum absolute atomic E-state index is 0.103. The van der Waals surface area contributed by atoms with Crippen molar-refractivity contribution >= 4 is 17.8 Å². The number of hydrogen-bond donors (Lipinski definition) is 1. The predicted octanol–water partition coefficient (Wildman–Crippen LogP) is 1.82. The molecule has 0 bridgehead atoms. The number of ether oxygens (including phenoxy) is 2. The number of fused-ring (bicyclic) bond motifs is 2. The first-order chi connectivity index (χ1) is 15.6. The molecule has 0 aromatic rings. The Morgan fingerprint density at radius 3 is 2.55 bits per heavy atom. The number of amides is 2. The fourth-order valence-electron chi connectivity index (χ4n) is 5.88. The number of likely N-dealkylation sites (tertiary alicyclic amines) is 1. The molecular weight excluding hydrogens is 424 g/mol. The third-order valence-corrected chi connectivity index (χ3v) is 7.37. The van der Waals surface area contributed by atoms with Crippen molar-refractivity contribution in [3.8, 4) is 0 Å². The van der Waals surface area contributed by atoms with Crippen LogP contribution in [0.25, 0.3) is 0 Å². The molecule has 4 heterocycles. The molecule has 1 spiro atoms. The number of aliphatic hydroxyl groups is 1. The third-order valence-electron chi connectivity index (χ3n) is 7.37. The minimum atomic E-state index is -1.28. The van der Waals surface area contributed by atoms with Crippen LogP contribution in [0.2, 0.25) is 0 Å². The maximum Gasteiger partial charge on any atom is 0.313 e. The molecule has 5 atom stereocenters. The van der Waals surface area contributed by atoms with Crippen LogP contribution in [-0.4, -0.2) is 81.8 Å². The summed E-state index contributed by atoms with van der Waals surface area (Å²) < 4.78 is 12.3. The molecule has 2 saturated heterocycles. The summed E-state index contributed by atoms with van der Waals surface area (Å²) >= 11 is 0. The highest BCUT2D eigenvalue weighted by atomic mass is 16.6. The summed E-state index contributed by atoms with van der Waals surface area (Å²) in [6.45, 7) is 8.50. The maximum absolute atomic E-state index is 14.0. The summed E-state index contributed by atoms with van der Waals surface area (Å²) in [5, 5.41) is 9.45. The predicted molar refractivity (Wildman–Crippen MR) is 121 cm³/mol. The molecule has 0 saturated carbocycles. The van der Waals surface area contributed by atoms with Gasteiger partial charge in [0.2, 0.25) is 11.8 Å². The van der Waals surface area contributed by atoms with Crippen molar-refractivity contribution in [1.82, 2.24) is 9.80 Å². The average Bonchev–Trinajstić information content (AvgIpc) is 3.05. The quantitative estimate of drug-likeness (QED) is 0.510. The monoisotopic (exact) mass is 460 g/mol. The van der Waals surface area contributed by atoms with Crippen molar-refractivity contribution in [1.29, 1.82) is 0 Å². The van der Waals surface area contributed by atoms with Crippen LogP contribution in [0, 0.1) is 11.8 Å². The number of hydrogen-bond acceptors (Lipinski definition) is 6. The highest BCUT2D eigenvalue weighted by Gasteiger charge is 2.74. The van der Waals surface area contributed by atoms with E-state index in [4.69, 9.17) is 9.47 Å². The van der Waals surface area contributed by atoms with E-state index in [0.29, 0.717) is 19.6 Å². The second-order valence-corrected chi connectivity index (χ2v) is 10.7. The Morgan fingerprint density at radius 2 is 1.85 bits per heavy atom. The number of nitrogens with zero attached hydrogens (tertiary/aromatic N) is 2. The van der Waals surface area contributed by atoms with Gasteiger partial charge in [0.05, 0.1) is 18.1 Å². The summed E-state index contributed by atoms with van der Waals surface area (Å²) in [6.07, 6.45) is 10.4. The van der Waals surface area contributed by atoms with Gasteiger partial charge in [0.15, 0.2) is 0 Å². The fraction of sp³-hybridized carbons (Fsp3) is 0.720. The highest BCUT2D eigenvalue weighted by molar-refractivity contribution is 5.99. The van der Waals surface area contributed by atoms with Crippen LogP contribution < -0.4 is 0 Å². The molecule has 8 heteroatoms. The smallest absolute Gasteiger partial charge is 0.313 e. The van der Waals surface area contributed by atoms with Crippen LogP contribution in [0.5, 0.6) is 0 Å². The van der Waals surface area contributed by atoms with Crippen LogP contribution in [0.15, 0.2) is 24.3 Å². The SMILES string of the molecule is CC(C)(C)N1CC=C[C@]23O[C@@]4(C)/C=C\CCCCOC(=O)[C@H]4[C@H]2C(=O)N(CCCO)C3C1=O. The van der Waals surface area contributed by atoms with Crippen molar-refractivity contribution in [3.63, 3.8) is 0 Å². The number of aliphatic hydroxyl groups excluding tert-OH is 1. The average molecular weight is 461 g/mol. The van der Waals surface area contributed by atoms with E-state index in [9.17, 15) is 19.5 Å². The Morgan fingerprint density at radius 1 is 1.09 bits per heavy atom. The first-order valence-corrected chi connectivity index (χ1v) is 12.0. The van der Waals surface area contributed by atoms with Crippen LogP contribution in [0.1, 0.15) is 53.4 Å². The lowest BCUT2D eigenvalue weighted by atomic mass is 9.74. The standard InChI is InChI=1S/C25H36N2O6/c1-23(2,3)27-14-9-12-25-17(20(29)26(13-10-15-28)19(25)21(27)30)18-22(31)32-16-8-6-5-7-11-24(18,4)33-25/h7,9,11-12,17-19,28H,5-6,8,10,13-16H2,1-4H3/b11-7-/t17-,18+,19?,24-,25-/m0/s1. The Bertz CT molecular complexity index is 877. The summed E-state index contributed by atoms with van der Waals surface area (Å²) in [5.74, 6) is -2.69. The number of rotatable bonds is 3. The summed E-state index contributed by atoms with van der Waals surface area (Å²) in [5.41, 5.74) is -2.81. The van der Waals surface area contributed by atoms with E-state index < -0.39 is 40.6 Å². The summed E-state index contributed by atoms with van der Waals surface area (Å²) in [7, 11) is 0. The third kappa shape index (κ3) is 3.81. The van der Waals surface area contributed by atoms with Gasteiger partial charge in [-0.3, -0.25) is 14.4 Å². The second-order valence-electron chi connectivity index (χ2n) is 10.7. The van der Waals surface area contributed by atoms with Gasteiger partial charge in [-0.1, -0.05) is 24.3 Å². The van der Waals surface area contributed by atoms with Gasteiger partial charge < -0.3 is 24.4 Å². The number of cyclic esters (lactones) is 1. The lowest BCUT2D eigenvalue weighted by Crippen LogP contribution is -2.59. The van der Waals surface area contributed by atoms with E-state index in [-0.39, 0.29) is 25.0 Å². The molecule has 4 aliphatic heterocycles. The van der Waals surface area contributed by atoms with E-state index >= 15 is 0 Å². The van der Waals surface area contributed by atoms with Gasteiger partial charge in [0, 0.05) is 25.2 Å². The van der Waals surface area contributed by atoms with Crippen LogP contribution in [-0.2, 0) is 23.9 Å². The molecule has 1 unspecified atom stereocenters. The molecule has 2 amide bonds. The number of esters is 1. The fourth-order valence-corrected chi connectivity index (χ4v) is 5.88. The molecular formula is C25H36N2O6. The maximum atomic E-state index is 14.0. The van der Waals surface area contributed by atoms with Crippen LogP contribution in [0.3, 0.4) is 0 Å². The molecule has 1 N–H and O–H groups in total. The molecule has 4 aliphatic rings. The molecule has 0 aromatic heterocycles. The lowest BCUT2D eigenvalue weighted by Gasteiger charge is -2.41. The molecule has 8 nitrogen and oxygen atoms in total. The Kier molecular flexibility index (Phi) is 6.20. The molecule has 0 aromatic carbocycles. The summed E-state index contributed by atoms with van der Waals surface area (Å²) in [6, 6.07) is -0.907. The molecule has 182 valence electrons. The molecule has 0 radical (unpaired) electrons. The van der Waals surface area contributed by atoms with Crippen molar-refractivity contribution in [2.75, 3.05) is 26.3 Å². The van der Waals surface area contributed by atoms with Gasteiger partial charge in [-0.05, 0) is 53.4 Å². The number of carbonyl (C=O) groups excluding carboxylic acids is 3. The van der Waals surface area contributed by atoms with Crippen molar-refractivity contribution in [2.24, 2.45) is 11.8 Å². The van der Waals surface area contributed by atoms with Gasteiger partial charge in [-0.25, -0.2) is 0 Å². The van der Waals surface area contributed by atoms with Crippen molar-refractivity contribution in [3.05, 3.63) is 24.3 Å². The molecule has 0 aliphatic carbocycles. The van der Waals surface area contributed by atoms with E-state index in [2.05, 4.69) is 0 Å². The minimum Gasteiger partial charge on any atom is -0.465 e. The zero-order chi connectivity index (χ0) is 24.0. The van der Waals surface area contributed by atoms with Gasteiger partial charge >= 0.3 is 5.97 Å². The lowest BCUT2D eigenvalue weighted by molar-refractivity contribution is -0.160. The van der Waals surface area contributed by atoms with E-state index in [1.165, 1.54) is 4.90 Å². The van der Waals surface area contributed by atoms with E-state index in [1.54, 1.807) is 4.90 Å². The normalized spacial score (nSPS) is 37.8. The van der Waals surface area contributed by atoms with Crippen molar-refractivity contribution in [2.45, 2.75) is 76.2 Å². The van der Waals surface area contributed by atoms with Crippen LogP contribution >= 0.6 is 0 Å². The summed E-state index contributed by atoms with van der Waals surface area (Å²) in [4.78, 5) is 44.5. The largest absolute Gasteiger partial charge is 0.465 e. The second kappa shape index (κ2) is 8.55. The van der Waals surface area contributed by atoms with E-state index in [1.807, 2.05) is 52.0 Å². The first-order valence-electron chi connectivity index (χ1n) is 12.0. The van der Waals surface area contributed by atoms with Gasteiger partial charge in [0.1, 0.15) is 17.6 Å². The topological polar surface area (TPSA) is 96.4 Å². The highest BCUT2D eigenvalue weighted by Crippen LogP contribution is 2.57. The zero-order valence-corrected chi connectivity index (χ0v) is 20.1. The zero-order valence-electron chi connectivity index (χ0n) is 20.1. The van der Waals surface area contributed by atoms with Gasteiger partial charge in [0.25, 0.3) is 0 Å². The molecule has 2 fully saturated rings. The van der Waals surface area contributed by atoms with E-state index in [0.717, 1.165) is 19.3 Å². The van der Waals surface area contributed by atoms with Gasteiger partial charge in [-0.15, -0.1) is 0 Å². The Balaban J connectivity index is 1.86. The Labute approximate surface area is 195 Å². The molecule has 4 rings (SSSR count). The molecule has 33 heavy (non-hydrogen) atoms. The van der Waals surface area contributed by atoms with Gasteiger partial charge in [-0.2, -0.15) is 0 Å². The number of allylic oxidation sites excluding steroid dienone is 1. The van der Waals surface area contributed by atoms with Crippen LogP contribution in [0.4, 0.5) is 0 Å².